The molecule has 130 valence electrons. The lowest BCUT2D eigenvalue weighted by Crippen LogP contribution is -2.35. The van der Waals surface area contributed by atoms with Crippen molar-refractivity contribution in [1.82, 2.24) is 10.3 Å². The highest BCUT2D eigenvalue weighted by Gasteiger charge is 2.29. The Morgan fingerprint density at radius 2 is 2.08 bits per heavy atom. The number of hydrogen-bond donors (Lipinski definition) is 3. The van der Waals surface area contributed by atoms with Gasteiger partial charge in [-0.2, -0.15) is 0 Å². The molecule has 2 heterocycles. The predicted molar refractivity (Wildman–Crippen MR) is 99.9 cm³/mol. The van der Waals surface area contributed by atoms with E-state index < -0.39 is 6.10 Å². The number of anilines is 1. The first kappa shape index (κ1) is 18.9. The van der Waals surface area contributed by atoms with Crippen molar-refractivity contribution in [3.63, 3.8) is 0 Å². The van der Waals surface area contributed by atoms with Crippen molar-refractivity contribution in [3.8, 4) is 11.3 Å². The van der Waals surface area contributed by atoms with Crippen LogP contribution in [0.5, 0.6) is 0 Å². The molecular weight excluding hydrogens is 346 g/mol. The third kappa shape index (κ3) is 4.13. The molecule has 0 radical (unpaired) electrons. The van der Waals surface area contributed by atoms with Gasteiger partial charge in [-0.3, -0.25) is 4.79 Å². The summed E-state index contributed by atoms with van der Waals surface area (Å²) in [4.78, 5) is 18.1. The zero-order valence-corrected chi connectivity index (χ0v) is 15.3. The molecule has 2 aromatic rings. The number of benzene rings is 1. The van der Waals surface area contributed by atoms with E-state index in [2.05, 4.69) is 29.5 Å². The highest BCUT2D eigenvalue weighted by Crippen LogP contribution is 2.36. The average molecular weight is 368 g/mol. The molecule has 24 heavy (non-hydrogen) atoms. The number of hydrogen-bond acceptors (Lipinski definition) is 5. The molecule has 1 aliphatic rings. The summed E-state index contributed by atoms with van der Waals surface area (Å²) in [6, 6.07) is 9.66. The topological polar surface area (TPSA) is 74.2 Å². The van der Waals surface area contributed by atoms with Crippen molar-refractivity contribution in [3.05, 3.63) is 35.2 Å². The van der Waals surface area contributed by atoms with E-state index in [4.69, 9.17) is 0 Å². The van der Waals surface area contributed by atoms with E-state index in [1.54, 1.807) is 0 Å². The van der Waals surface area contributed by atoms with Crippen molar-refractivity contribution in [2.45, 2.75) is 38.3 Å². The molecule has 0 bridgehead atoms. The minimum absolute atomic E-state index is 0. The lowest BCUT2D eigenvalue weighted by atomic mass is 10.1. The number of amides is 1. The van der Waals surface area contributed by atoms with Crippen molar-refractivity contribution in [1.29, 1.82) is 0 Å². The number of carbonyl (C=O) groups excluding carboxylic acids is 1. The summed E-state index contributed by atoms with van der Waals surface area (Å²) in [6.07, 6.45) is -0.00655. The number of thiazole rings is 1. The quantitative estimate of drug-likeness (QED) is 0.776. The highest BCUT2D eigenvalue weighted by atomic mass is 35.5. The molecule has 0 spiro atoms. The SMILES string of the molecule is CC(C)c1sc(NC(=O)C2CC(O)CN2)nc1-c1ccccc1.Cl. The van der Waals surface area contributed by atoms with Crippen LogP contribution >= 0.6 is 23.7 Å². The Labute approximate surface area is 151 Å². The molecule has 0 aliphatic carbocycles. The van der Waals surface area contributed by atoms with Crippen LogP contribution in [-0.4, -0.2) is 34.7 Å². The van der Waals surface area contributed by atoms with E-state index >= 15 is 0 Å². The first-order valence-electron chi connectivity index (χ1n) is 7.83. The maximum atomic E-state index is 12.3. The summed E-state index contributed by atoms with van der Waals surface area (Å²) in [5, 5.41) is 16.0. The Morgan fingerprint density at radius 1 is 1.38 bits per heavy atom. The number of aliphatic hydroxyl groups excluding tert-OH is 1. The fourth-order valence-corrected chi connectivity index (χ4v) is 3.68. The van der Waals surface area contributed by atoms with Crippen LogP contribution in [0, 0.1) is 0 Å². The molecular formula is C17H22ClN3O2S. The Kier molecular flexibility index (Phi) is 6.34. The Morgan fingerprint density at radius 3 is 2.67 bits per heavy atom. The van der Waals surface area contributed by atoms with E-state index in [0.29, 0.717) is 24.0 Å². The summed E-state index contributed by atoms with van der Waals surface area (Å²) >= 11 is 1.52. The average Bonchev–Trinajstić information content (AvgIpc) is 3.15. The van der Waals surface area contributed by atoms with Gasteiger partial charge in [0.15, 0.2) is 5.13 Å². The van der Waals surface area contributed by atoms with Gasteiger partial charge in [-0.1, -0.05) is 44.2 Å². The van der Waals surface area contributed by atoms with Gasteiger partial charge < -0.3 is 15.7 Å². The fraction of sp³-hybridized carbons (Fsp3) is 0.412. The van der Waals surface area contributed by atoms with Crippen molar-refractivity contribution < 1.29 is 9.90 Å². The third-order valence-corrected chi connectivity index (χ3v) is 5.15. The molecule has 7 heteroatoms. The smallest absolute Gasteiger partial charge is 0.243 e. The van der Waals surface area contributed by atoms with Crippen LogP contribution in [0.1, 0.15) is 31.1 Å². The van der Waals surface area contributed by atoms with E-state index in [1.165, 1.54) is 11.3 Å². The third-order valence-electron chi connectivity index (χ3n) is 3.88. The zero-order valence-electron chi connectivity index (χ0n) is 13.7. The van der Waals surface area contributed by atoms with Crippen LogP contribution in [-0.2, 0) is 4.79 Å². The van der Waals surface area contributed by atoms with E-state index in [-0.39, 0.29) is 24.4 Å². The van der Waals surface area contributed by atoms with E-state index in [0.717, 1.165) is 16.1 Å². The van der Waals surface area contributed by atoms with Gasteiger partial charge in [0.25, 0.3) is 0 Å². The van der Waals surface area contributed by atoms with Gasteiger partial charge in [0.1, 0.15) is 0 Å². The van der Waals surface area contributed by atoms with E-state index in [1.807, 2.05) is 30.3 Å². The number of β-amino-alcohol motifs (C(OH)–C–C–N with tert-alkyl or cyclic N) is 1. The first-order chi connectivity index (χ1) is 11.0. The summed E-state index contributed by atoms with van der Waals surface area (Å²) in [5.74, 6) is 0.199. The summed E-state index contributed by atoms with van der Waals surface area (Å²) < 4.78 is 0. The molecule has 2 atom stereocenters. The number of nitrogens with one attached hydrogen (secondary N) is 2. The first-order valence-corrected chi connectivity index (χ1v) is 8.64. The molecule has 0 saturated carbocycles. The molecule has 2 unspecified atom stereocenters. The number of nitrogens with zero attached hydrogens (tertiary/aromatic N) is 1. The van der Waals surface area contributed by atoms with Crippen LogP contribution in [0.25, 0.3) is 11.3 Å². The molecule has 1 amide bonds. The number of aliphatic hydroxyl groups is 1. The number of rotatable bonds is 4. The zero-order chi connectivity index (χ0) is 16.4. The van der Waals surface area contributed by atoms with Gasteiger partial charge in [0.05, 0.1) is 17.8 Å². The Balaban J connectivity index is 0.00000208. The minimum atomic E-state index is -0.451. The Bertz CT molecular complexity index is 690. The molecule has 1 fully saturated rings. The van der Waals surface area contributed by atoms with Crippen LogP contribution < -0.4 is 10.6 Å². The summed E-state index contributed by atoms with van der Waals surface area (Å²) in [7, 11) is 0. The molecule has 1 aliphatic heterocycles. The van der Waals surface area contributed by atoms with Crippen LogP contribution in [0.2, 0.25) is 0 Å². The number of halogens is 1. The normalized spacial score (nSPS) is 20.0. The standard InChI is InChI=1S/C17H21N3O2S.ClH/c1-10(2)15-14(11-6-4-3-5-7-11)19-17(23-15)20-16(22)13-8-12(21)9-18-13;/h3-7,10,12-13,18,21H,8-9H2,1-2H3,(H,19,20,22);1H. The van der Waals surface area contributed by atoms with Gasteiger partial charge in [0, 0.05) is 17.0 Å². The second kappa shape index (κ2) is 8.07. The monoisotopic (exact) mass is 367 g/mol. The van der Waals surface area contributed by atoms with Gasteiger partial charge in [0.2, 0.25) is 5.91 Å². The van der Waals surface area contributed by atoms with Crippen molar-refractivity contribution in [2.24, 2.45) is 0 Å². The second-order valence-corrected chi connectivity index (χ2v) is 7.12. The number of aromatic nitrogens is 1. The predicted octanol–water partition coefficient (Wildman–Crippen LogP) is 3.02. The molecule has 1 aromatic heterocycles. The largest absolute Gasteiger partial charge is 0.392 e. The minimum Gasteiger partial charge on any atom is -0.392 e. The number of carbonyl (C=O) groups is 1. The molecule has 1 aromatic carbocycles. The second-order valence-electron chi connectivity index (χ2n) is 6.09. The van der Waals surface area contributed by atoms with Gasteiger partial charge in [-0.05, 0) is 12.3 Å². The molecule has 3 N–H and O–H groups in total. The van der Waals surface area contributed by atoms with Crippen molar-refractivity contribution in [2.75, 3.05) is 11.9 Å². The van der Waals surface area contributed by atoms with Gasteiger partial charge in [-0.15, -0.1) is 23.7 Å². The lowest BCUT2D eigenvalue weighted by molar-refractivity contribution is -0.117. The van der Waals surface area contributed by atoms with Gasteiger partial charge in [-0.25, -0.2) is 4.98 Å². The van der Waals surface area contributed by atoms with Crippen LogP contribution in [0.4, 0.5) is 5.13 Å². The fourth-order valence-electron chi connectivity index (χ4n) is 2.69. The Hall–Kier alpha value is -1.47. The maximum Gasteiger partial charge on any atom is 0.243 e. The van der Waals surface area contributed by atoms with Crippen LogP contribution in [0.15, 0.2) is 30.3 Å². The van der Waals surface area contributed by atoms with E-state index in [9.17, 15) is 9.90 Å². The summed E-state index contributed by atoms with van der Waals surface area (Å²) in [6.45, 7) is 4.71. The van der Waals surface area contributed by atoms with Crippen LogP contribution in [0.3, 0.4) is 0 Å². The highest BCUT2D eigenvalue weighted by molar-refractivity contribution is 7.16. The summed E-state index contributed by atoms with van der Waals surface area (Å²) in [5.41, 5.74) is 1.99. The van der Waals surface area contributed by atoms with Crippen molar-refractivity contribution >= 4 is 34.8 Å². The van der Waals surface area contributed by atoms with Gasteiger partial charge >= 0.3 is 0 Å². The maximum absolute atomic E-state index is 12.3. The molecule has 1 saturated heterocycles. The lowest BCUT2D eigenvalue weighted by Gasteiger charge is -2.08. The molecule has 5 nitrogen and oxygen atoms in total. The molecule has 3 rings (SSSR count).